The van der Waals surface area contributed by atoms with Crippen molar-refractivity contribution in [3.05, 3.63) is 53.6 Å². The zero-order chi connectivity index (χ0) is 11.0. The van der Waals surface area contributed by atoms with Crippen LogP contribution in [-0.4, -0.2) is 12.3 Å². The Morgan fingerprint density at radius 1 is 0.875 bits per heavy atom. The van der Waals surface area contributed by atoms with Gasteiger partial charge in [-0.05, 0) is 12.8 Å². The van der Waals surface area contributed by atoms with Crippen molar-refractivity contribution >= 4 is 12.4 Å². The fourth-order valence-corrected chi connectivity index (χ4v) is 5.78. The van der Waals surface area contributed by atoms with Crippen LogP contribution in [0.5, 0.6) is 0 Å². The lowest BCUT2D eigenvalue weighted by molar-refractivity contribution is 0.585. The van der Waals surface area contributed by atoms with Gasteiger partial charge in [-0.15, -0.1) is 0 Å². The Kier molecular flexibility index (Phi) is 2.37. The Morgan fingerprint density at radius 3 is 2.00 bits per heavy atom. The SMILES string of the molecule is O=P1(c2ccccc2)CC2=C(CC=CC2)C1. The summed E-state index contributed by atoms with van der Waals surface area (Å²) in [5.74, 6) is 0. The molecule has 0 atom stereocenters. The third-order valence-corrected chi connectivity index (χ3v) is 6.54. The average molecular weight is 230 g/mol. The maximum absolute atomic E-state index is 12.9. The van der Waals surface area contributed by atoms with Gasteiger partial charge in [0.05, 0.1) is 0 Å². The molecule has 0 radical (unpaired) electrons. The molecule has 1 aliphatic heterocycles. The third-order valence-electron chi connectivity index (χ3n) is 3.51. The van der Waals surface area contributed by atoms with E-state index in [4.69, 9.17) is 0 Å². The first-order valence-electron chi connectivity index (χ1n) is 5.76. The molecule has 0 N–H and O–H groups in total. The third kappa shape index (κ3) is 1.60. The molecule has 1 heterocycles. The highest BCUT2D eigenvalue weighted by atomic mass is 31.2. The highest BCUT2D eigenvalue weighted by Crippen LogP contribution is 2.55. The van der Waals surface area contributed by atoms with Crippen molar-refractivity contribution in [2.45, 2.75) is 12.8 Å². The van der Waals surface area contributed by atoms with Crippen molar-refractivity contribution in [1.82, 2.24) is 0 Å². The van der Waals surface area contributed by atoms with Gasteiger partial charge in [0.15, 0.2) is 0 Å². The van der Waals surface area contributed by atoms with E-state index in [1.807, 2.05) is 30.3 Å². The maximum Gasteiger partial charge on any atom is 0.123 e. The minimum absolute atomic E-state index is 0.816. The molecule has 16 heavy (non-hydrogen) atoms. The van der Waals surface area contributed by atoms with Gasteiger partial charge in [0, 0.05) is 17.6 Å². The van der Waals surface area contributed by atoms with Crippen molar-refractivity contribution in [2.75, 3.05) is 12.3 Å². The van der Waals surface area contributed by atoms with Crippen LogP contribution < -0.4 is 5.30 Å². The lowest BCUT2D eigenvalue weighted by Gasteiger charge is -2.11. The molecular formula is C14H15OP. The van der Waals surface area contributed by atoms with Crippen molar-refractivity contribution in [3.63, 3.8) is 0 Å². The summed E-state index contributed by atoms with van der Waals surface area (Å²) in [6.07, 6.45) is 8.09. The standard InChI is InChI=1S/C14H15OP/c15-16(14-8-2-1-3-9-14)10-12-6-4-5-7-13(12)11-16/h1-5,8-9H,6-7,10-11H2. The fraction of sp³-hybridized carbons (Fsp3) is 0.286. The van der Waals surface area contributed by atoms with E-state index >= 15 is 0 Å². The predicted molar refractivity (Wildman–Crippen MR) is 68.8 cm³/mol. The Bertz CT molecular complexity index is 487. The van der Waals surface area contributed by atoms with Gasteiger partial charge in [0.1, 0.15) is 7.14 Å². The van der Waals surface area contributed by atoms with E-state index in [0.717, 1.165) is 30.5 Å². The smallest absolute Gasteiger partial charge is 0.123 e. The first-order valence-corrected chi connectivity index (χ1v) is 7.84. The van der Waals surface area contributed by atoms with Gasteiger partial charge in [0.2, 0.25) is 0 Å². The van der Waals surface area contributed by atoms with E-state index < -0.39 is 7.14 Å². The Balaban J connectivity index is 1.92. The van der Waals surface area contributed by atoms with Crippen LogP contribution in [0.2, 0.25) is 0 Å². The van der Waals surface area contributed by atoms with E-state index in [-0.39, 0.29) is 0 Å². The first kappa shape index (κ1) is 10.1. The molecule has 1 nitrogen and oxygen atoms in total. The second-order valence-corrected chi connectivity index (χ2v) is 7.56. The van der Waals surface area contributed by atoms with Crippen molar-refractivity contribution in [2.24, 2.45) is 0 Å². The maximum atomic E-state index is 12.9. The van der Waals surface area contributed by atoms with Gasteiger partial charge in [-0.25, -0.2) is 0 Å². The zero-order valence-corrected chi connectivity index (χ0v) is 10.1. The predicted octanol–water partition coefficient (Wildman–Crippen LogP) is 3.34. The van der Waals surface area contributed by atoms with Crippen LogP contribution in [-0.2, 0) is 4.57 Å². The molecule has 82 valence electrons. The summed E-state index contributed by atoms with van der Waals surface area (Å²) in [4.78, 5) is 0. The molecular weight excluding hydrogens is 215 g/mol. The van der Waals surface area contributed by atoms with Crippen molar-refractivity contribution in [1.29, 1.82) is 0 Å². The molecule has 1 aromatic rings. The molecule has 1 aliphatic carbocycles. The van der Waals surface area contributed by atoms with Gasteiger partial charge >= 0.3 is 0 Å². The molecule has 0 bridgehead atoms. The molecule has 0 saturated heterocycles. The Hall–Kier alpha value is -1.07. The summed E-state index contributed by atoms with van der Waals surface area (Å²) in [7, 11) is -2.14. The number of hydrogen-bond donors (Lipinski definition) is 0. The zero-order valence-electron chi connectivity index (χ0n) is 9.23. The van der Waals surface area contributed by atoms with Crippen LogP contribution in [0.15, 0.2) is 53.6 Å². The summed E-state index contributed by atoms with van der Waals surface area (Å²) in [6.45, 7) is 0. The summed E-state index contributed by atoms with van der Waals surface area (Å²) in [5, 5.41) is 1.06. The molecule has 0 unspecified atom stereocenters. The topological polar surface area (TPSA) is 17.1 Å². The Morgan fingerprint density at radius 2 is 1.44 bits per heavy atom. The fourth-order valence-electron chi connectivity index (χ4n) is 2.65. The molecule has 0 aromatic heterocycles. The molecule has 1 aromatic carbocycles. The second-order valence-electron chi connectivity index (χ2n) is 4.63. The van der Waals surface area contributed by atoms with Gasteiger partial charge < -0.3 is 4.57 Å². The highest BCUT2D eigenvalue weighted by Gasteiger charge is 2.34. The number of hydrogen-bond acceptors (Lipinski definition) is 1. The number of benzene rings is 1. The first-order chi connectivity index (χ1) is 7.78. The van der Waals surface area contributed by atoms with Crippen LogP contribution in [0.1, 0.15) is 12.8 Å². The largest absolute Gasteiger partial charge is 0.318 e. The lowest BCUT2D eigenvalue weighted by Crippen LogP contribution is -2.06. The highest BCUT2D eigenvalue weighted by molar-refractivity contribution is 7.72. The normalized spacial score (nSPS) is 22.2. The quantitative estimate of drug-likeness (QED) is 0.534. The van der Waals surface area contributed by atoms with E-state index in [2.05, 4.69) is 12.2 Å². The molecule has 0 fully saturated rings. The monoisotopic (exact) mass is 230 g/mol. The average Bonchev–Trinajstić information content (AvgIpc) is 2.68. The summed E-state index contributed by atoms with van der Waals surface area (Å²) in [6, 6.07) is 10.0. The van der Waals surface area contributed by atoms with Gasteiger partial charge in [-0.2, -0.15) is 0 Å². The molecule has 2 aliphatic rings. The van der Waals surface area contributed by atoms with Crippen LogP contribution in [0, 0.1) is 0 Å². The van der Waals surface area contributed by atoms with Crippen LogP contribution in [0.25, 0.3) is 0 Å². The lowest BCUT2D eigenvalue weighted by atomic mass is 10.0. The molecule has 0 saturated carbocycles. The summed E-state index contributed by atoms with van der Waals surface area (Å²) >= 11 is 0. The van der Waals surface area contributed by atoms with Gasteiger partial charge in [0.25, 0.3) is 0 Å². The van der Waals surface area contributed by atoms with Crippen LogP contribution in [0.4, 0.5) is 0 Å². The van der Waals surface area contributed by atoms with Gasteiger partial charge in [-0.3, -0.25) is 0 Å². The molecule has 3 rings (SSSR count). The minimum atomic E-state index is -2.14. The van der Waals surface area contributed by atoms with Crippen molar-refractivity contribution < 1.29 is 4.57 Å². The van der Waals surface area contributed by atoms with E-state index in [9.17, 15) is 4.57 Å². The van der Waals surface area contributed by atoms with E-state index in [1.165, 1.54) is 11.1 Å². The van der Waals surface area contributed by atoms with Crippen LogP contribution >= 0.6 is 7.14 Å². The minimum Gasteiger partial charge on any atom is -0.318 e. The van der Waals surface area contributed by atoms with Crippen molar-refractivity contribution in [3.8, 4) is 0 Å². The summed E-state index contributed by atoms with van der Waals surface area (Å²) < 4.78 is 12.9. The van der Waals surface area contributed by atoms with Crippen LogP contribution in [0.3, 0.4) is 0 Å². The summed E-state index contributed by atoms with van der Waals surface area (Å²) in [5.41, 5.74) is 2.88. The van der Waals surface area contributed by atoms with Gasteiger partial charge in [-0.1, -0.05) is 53.6 Å². The number of rotatable bonds is 1. The van der Waals surface area contributed by atoms with E-state index in [0.29, 0.717) is 0 Å². The second kappa shape index (κ2) is 3.75. The molecule has 0 amide bonds. The van der Waals surface area contributed by atoms with E-state index in [1.54, 1.807) is 0 Å². The number of allylic oxidation sites excluding steroid dienone is 4. The molecule has 2 heteroatoms. The Labute approximate surface area is 96.2 Å². The molecule has 0 spiro atoms.